The predicted molar refractivity (Wildman–Crippen MR) is 124 cm³/mol. The van der Waals surface area contributed by atoms with E-state index in [1.807, 2.05) is 13.8 Å². The topological polar surface area (TPSA) is 104 Å². The van der Waals surface area contributed by atoms with Crippen molar-refractivity contribution in [1.29, 1.82) is 0 Å². The Bertz CT molecular complexity index is 1080. The molecule has 1 unspecified atom stereocenters. The summed E-state index contributed by atoms with van der Waals surface area (Å²) >= 11 is 1.61. The van der Waals surface area contributed by atoms with E-state index in [9.17, 15) is 14.7 Å². The number of carboxylic acids is 1. The van der Waals surface area contributed by atoms with Crippen molar-refractivity contribution < 1.29 is 14.7 Å². The summed E-state index contributed by atoms with van der Waals surface area (Å²) in [6.07, 6.45) is 2.06. The average molecular weight is 441 g/mol. The Kier molecular flexibility index (Phi) is 7.22. The second-order valence-electron chi connectivity index (χ2n) is 8.07. The van der Waals surface area contributed by atoms with Gasteiger partial charge in [0.25, 0.3) is 0 Å². The molecule has 1 aromatic carbocycles. The number of aliphatic carboxylic acids is 1. The smallest absolute Gasteiger partial charge is 0.326 e. The fourth-order valence-corrected chi connectivity index (χ4v) is 4.51. The van der Waals surface area contributed by atoms with Crippen molar-refractivity contribution >= 4 is 39.2 Å². The first kappa shape index (κ1) is 22.7. The van der Waals surface area contributed by atoms with Crippen LogP contribution in [0.4, 0.5) is 5.82 Å². The van der Waals surface area contributed by atoms with Crippen LogP contribution in [0.25, 0.3) is 21.3 Å². The summed E-state index contributed by atoms with van der Waals surface area (Å²) < 4.78 is 0. The number of carbonyl (C=O) groups is 2. The first-order chi connectivity index (χ1) is 14.8. The number of amides is 1. The molecule has 0 bridgehead atoms. The van der Waals surface area contributed by atoms with Gasteiger partial charge >= 0.3 is 5.97 Å². The summed E-state index contributed by atoms with van der Waals surface area (Å²) in [4.78, 5) is 34.5. The highest BCUT2D eigenvalue weighted by Gasteiger charge is 2.21. The molecule has 3 N–H and O–H groups in total. The van der Waals surface area contributed by atoms with Gasteiger partial charge in [0, 0.05) is 23.4 Å². The van der Waals surface area contributed by atoms with E-state index in [0.717, 1.165) is 26.2 Å². The Labute approximate surface area is 185 Å². The van der Waals surface area contributed by atoms with Crippen LogP contribution < -0.4 is 10.6 Å². The summed E-state index contributed by atoms with van der Waals surface area (Å²) in [5.74, 6) is -0.458. The molecule has 0 radical (unpaired) electrons. The number of nitrogens with one attached hydrogen (secondary N) is 2. The van der Waals surface area contributed by atoms with Crippen molar-refractivity contribution in [2.24, 2.45) is 5.92 Å². The number of aryl methyl sites for hydroxylation is 2. The molecule has 1 atom stereocenters. The van der Waals surface area contributed by atoms with Crippen molar-refractivity contribution in [2.45, 2.75) is 46.6 Å². The van der Waals surface area contributed by atoms with Crippen molar-refractivity contribution in [2.75, 3.05) is 11.9 Å². The van der Waals surface area contributed by atoms with Gasteiger partial charge in [-0.15, -0.1) is 11.3 Å². The number of fused-ring (bicyclic) bond motifs is 1. The standard InChI is InChI=1S/C23H28N4O3S/c1-13(2)11-17(23(29)30)27-18(28)9-10-24-21-20-19(16-7-5-14(3)6-8-16)15(4)31-22(20)26-12-25-21/h5-8,12-13,17H,9-11H2,1-4H3,(H,27,28)(H,29,30)(H,24,25,26). The first-order valence-corrected chi connectivity index (χ1v) is 11.1. The number of thiophene rings is 1. The van der Waals surface area contributed by atoms with Gasteiger partial charge in [-0.3, -0.25) is 4.79 Å². The first-order valence-electron chi connectivity index (χ1n) is 10.3. The Morgan fingerprint density at radius 2 is 1.84 bits per heavy atom. The van der Waals surface area contributed by atoms with Gasteiger partial charge < -0.3 is 15.7 Å². The third-order valence-electron chi connectivity index (χ3n) is 4.99. The second kappa shape index (κ2) is 9.87. The fraction of sp³-hybridized carbons (Fsp3) is 0.391. The zero-order chi connectivity index (χ0) is 22.5. The Morgan fingerprint density at radius 3 is 2.48 bits per heavy atom. The lowest BCUT2D eigenvalue weighted by molar-refractivity contribution is -0.142. The van der Waals surface area contributed by atoms with Crippen LogP contribution in [-0.2, 0) is 9.59 Å². The van der Waals surface area contributed by atoms with Gasteiger partial charge in [0.1, 0.15) is 23.0 Å². The van der Waals surface area contributed by atoms with Gasteiger partial charge in [-0.25, -0.2) is 14.8 Å². The van der Waals surface area contributed by atoms with Gasteiger partial charge in [0.05, 0.1) is 5.39 Å². The maximum Gasteiger partial charge on any atom is 0.326 e. The van der Waals surface area contributed by atoms with Gasteiger partial charge in [0.2, 0.25) is 5.91 Å². The summed E-state index contributed by atoms with van der Waals surface area (Å²) in [5.41, 5.74) is 3.39. The van der Waals surface area contributed by atoms with Crippen LogP contribution in [-0.4, -0.2) is 39.5 Å². The van der Waals surface area contributed by atoms with E-state index < -0.39 is 12.0 Å². The lowest BCUT2D eigenvalue weighted by Gasteiger charge is -2.16. The van der Waals surface area contributed by atoms with E-state index in [1.54, 1.807) is 11.3 Å². The number of hydrogen-bond donors (Lipinski definition) is 3. The number of anilines is 1. The predicted octanol–water partition coefficient (Wildman–Crippen LogP) is 4.39. The molecule has 7 nitrogen and oxygen atoms in total. The van der Waals surface area contributed by atoms with Gasteiger partial charge in [0.15, 0.2) is 0 Å². The van der Waals surface area contributed by atoms with Crippen LogP contribution >= 0.6 is 11.3 Å². The third-order valence-corrected chi connectivity index (χ3v) is 6.00. The van der Waals surface area contributed by atoms with Crippen LogP contribution in [0.1, 0.15) is 37.1 Å². The van der Waals surface area contributed by atoms with Crippen molar-refractivity contribution in [1.82, 2.24) is 15.3 Å². The monoisotopic (exact) mass is 440 g/mol. The van der Waals surface area contributed by atoms with E-state index in [1.165, 1.54) is 11.9 Å². The molecule has 0 aliphatic rings. The molecule has 3 aromatic rings. The summed E-state index contributed by atoms with van der Waals surface area (Å²) in [7, 11) is 0. The molecule has 0 saturated carbocycles. The third kappa shape index (κ3) is 5.58. The summed E-state index contributed by atoms with van der Waals surface area (Å²) in [5, 5.41) is 16.1. The molecule has 0 fully saturated rings. The highest BCUT2D eigenvalue weighted by Crippen LogP contribution is 2.40. The zero-order valence-electron chi connectivity index (χ0n) is 18.2. The minimum absolute atomic E-state index is 0.149. The minimum atomic E-state index is -1.01. The molecule has 0 aliphatic heterocycles. The average Bonchev–Trinajstić information content (AvgIpc) is 3.04. The SMILES string of the molecule is Cc1ccc(-c2c(C)sc3ncnc(NCCC(=O)NC(CC(C)C)C(=O)O)c23)cc1. The summed E-state index contributed by atoms with van der Waals surface area (Å²) in [6, 6.07) is 7.47. The maximum absolute atomic E-state index is 12.3. The Hall–Kier alpha value is -3.00. The number of rotatable bonds is 9. The molecular formula is C23H28N4O3S. The van der Waals surface area contributed by atoms with Gasteiger partial charge in [-0.2, -0.15) is 0 Å². The van der Waals surface area contributed by atoms with Crippen LogP contribution in [0.5, 0.6) is 0 Å². The Balaban J connectivity index is 1.74. The van der Waals surface area contributed by atoms with Crippen LogP contribution in [0, 0.1) is 19.8 Å². The molecule has 3 rings (SSSR count). The highest BCUT2D eigenvalue weighted by molar-refractivity contribution is 7.19. The van der Waals surface area contributed by atoms with Crippen LogP contribution in [0.15, 0.2) is 30.6 Å². The van der Waals surface area contributed by atoms with E-state index >= 15 is 0 Å². The number of aromatic nitrogens is 2. The molecule has 1 amide bonds. The molecule has 2 heterocycles. The van der Waals surface area contributed by atoms with Crippen LogP contribution in [0.2, 0.25) is 0 Å². The summed E-state index contributed by atoms with van der Waals surface area (Å²) in [6.45, 7) is 8.32. The van der Waals surface area contributed by atoms with E-state index in [-0.39, 0.29) is 18.2 Å². The van der Waals surface area contributed by atoms with Gasteiger partial charge in [-0.1, -0.05) is 43.7 Å². The maximum atomic E-state index is 12.3. The largest absolute Gasteiger partial charge is 0.480 e. The lowest BCUT2D eigenvalue weighted by Crippen LogP contribution is -2.42. The normalized spacial score (nSPS) is 12.2. The fourth-order valence-electron chi connectivity index (χ4n) is 3.50. The highest BCUT2D eigenvalue weighted by atomic mass is 32.1. The van der Waals surface area contributed by atoms with E-state index in [2.05, 4.69) is 58.7 Å². The Morgan fingerprint density at radius 1 is 1.13 bits per heavy atom. The van der Waals surface area contributed by atoms with Crippen molar-refractivity contribution in [3.63, 3.8) is 0 Å². The molecule has 164 valence electrons. The van der Waals surface area contributed by atoms with Gasteiger partial charge in [-0.05, 0) is 31.7 Å². The number of carboxylic acid groups (broad SMARTS) is 1. The van der Waals surface area contributed by atoms with E-state index in [0.29, 0.717) is 18.8 Å². The molecule has 8 heteroatoms. The molecule has 0 spiro atoms. The lowest BCUT2D eigenvalue weighted by atomic mass is 10.0. The quantitative estimate of drug-likeness (QED) is 0.456. The molecule has 31 heavy (non-hydrogen) atoms. The van der Waals surface area contributed by atoms with E-state index in [4.69, 9.17) is 0 Å². The van der Waals surface area contributed by atoms with Crippen LogP contribution in [0.3, 0.4) is 0 Å². The molecule has 2 aromatic heterocycles. The molecular weight excluding hydrogens is 412 g/mol. The van der Waals surface area contributed by atoms with Crippen molar-refractivity contribution in [3.05, 3.63) is 41.0 Å². The van der Waals surface area contributed by atoms with Crippen molar-refractivity contribution in [3.8, 4) is 11.1 Å². The number of hydrogen-bond acceptors (Lipinski definition) is 6. The molecule has 0 saturated heterocycles. The molecule has 0 aliphatic carbocycles. The number of nitrogens with zero attached hydrogens (tertiary/aromatic N) is 2. The number of benzene rings is 1. The number of carbonyl (C=O) groups excluding carboxylic acids is 1. The zero-order valence-corrected chi connectivity index (χ0v) is 19.0. The second-order valence-corrected chi connectivity index (χ2v) is 9.27. The minimum Gasteiger partial charge on any atom is -0.480 e.